The van der Waals surface area contributed by atoms with Gasteiger partial charge in [0, 0.05) is 26.2 Å². The molecule has 0 amide bonds. The van der Waals surface area contributed by atoms with Crippen LogP contribution in [0.5, 0.6) is 0 Å². The lowest BCUT2D eigenvalue weighted by Gasteiger charge is -2.35. The lowest BCUT2D eigenvalue weighted by atomic mass is 10.4. The Balaban J connectivity index is 3.45. The van der Waals surface area contributed by atoms with Crippen LogP contribution in [0.15, 0.2) is 0 Å². The van der Waals surface area contributed by atoms with Gasteiger partial charge in [-0.3, -0.25) is 0 Å². The molecular weight excluding hydrogens is 515 g/mol. The highest BCUT2D eigenvalue weighted by Gasteiger charge is 2.88. The predicted molar refractivity (Wildman–Crippen MR) is 77.4 cm³/mol. The molecule has 0 saturated carbocycles. The third-order valence-electron chi connectivity index (χ3n) is 3.62. The highest BCUT2D eigenvalue weighted by atomic mass is 32.3. The Kier molecular flexibility index (Phi) is 6.85. The smallest absolute Gasteiger partial charge is 0.304 e. The minimum Gasteiger partial charge on any atom is -0.304 e. The van der Waals surface area contributed by atoms with Crippen molar-refractivity contribution in [2.24, 2.45) is 0 Å². The van der Waals surface area contributed by atoms with E-state index in [1.54, 1.807) is 0 Å². The van der Waals surface area contributed by atoms with E-state index < -0.39 is 68.6 Å². The summed E-state index contributed by atoms with van der Waals surface area (Å²) in [4.78, 5) is 1.34. The summed E-state index contributed by atoms with van der Waals surface area (Å²) in [6.45, 7) is -2.40. The van der Waals surface area contributed by atoms with Crippen LogP contribution in [-0.2, 0) is 30.3 Å². The number of alkyl halides is 7. The van der Waals surface area contributed by atoms with E-state index in [9.17, 15) is 64.9 Å². The Hall–Kier alpha value is -0.940. The van der Waals surface area contributed by atoms with Gasteiger partial charge >= 0.3 is 37.0 Å². The van der Waals surface area contributed by atoms with Gasteiger partial charge in [0.25, 0.3) is 10.0 Å². The molecular formula is C8H12F9N4O6S3+. The van der Waals surface area contributed by atoms with Crippen molar-refractivity contribution in [2.75, 3.05) is 33.2 Å². The van der Waals surface area contributed by atoms with Gasteiger partial charge in [0.1, 0.15) is 0 Å². The standard InChI is InChI=1S/C8H12F9N4O6S3/c1-19-2-4-20(5-3-19)29(24,25)7(11,12)6(9,10)21(16,17)30(26,27)18-28(22,23)8(13,14)15/h18H,2-5H2,1H3/q+1. The molecule has 180 valence electrons. The van der Waals surface area contributed by atoms with E-state index in [1.807, 2.05) is 0 Å². The maximum Gasteiger partial charge on any atom is 0.563 e. The maximum absolute atomic E-state index is 14.0. The average molecular weight is 527 g/mol. The van der Waals surface area contributed by atoms with E-state index in [0.717, 1.165) is 0 Å². The number of quaternary nitrogens is 1. The van der Waals surface area contributed by atoms with E-state index in [2.05, 4.69) is 0 Å². The van der Waals surface area contributed by atoms with E-state index in [4.69, 9.17) is 0 Å². The molecule has 0 unspecified atom stereocenters. The minimum absolute atomic E-state index is 0.310. The van der Waals surface area contributed by atoms with Crippen LogP contribution in [0.2, 0.25) is 0 Å². The highest BCUT2D eigenvalue weighted by molar-refractivity contribution is 8.02. The molecule has 1 saturated heterocycles. The van der Waals surface area contributed by atoms with Crippen LogP contribution in [-0.4, -0.2) is 88.8 Å². The monoisotopic (exact) mass is 527 g/mol. The highest BCUT2D eigenvalue weighted by Crippen LogP contribution is 2.49. The second-order valence-electron chi connectivity index (χ2n) is 5.74. The topological polar surface area (TPSA) is 121 Å². The van der Waals surface area contributed by atoms with E-state index in [-0.39, 0.29) is 17.4 Å². The Morgan fingerprint density at radius 2 is 1.20 bits per heavy atom. The molecule has 10 nitrogen and oxygen atoms in total. The number of sulfonamides is 2. The van der Waals surface area contributed by atoms with Crippen molar-refractivity contribution >= 4 is 30.3 Å². The van der Waals surface area contributed by atoms with Crippen molar-refractivity contribution in [3.05, 3.63) is 0 Å². The van der Waals surface area contributed by atoms with Gasteiger partial charge in [0.05, 0.1) is 8.96 Å². The molecule has 0 aliphatic carbocycles. The van der Waals surface area contributed by atoms with Crippen molar-refractivity contribution in [3.8, 4) is 0 Å². The molecule has 0 spiro atoms. The fourth-order valence-electron chi connectivity index (χ4n) is 1.88. The van der Waals surface area contributed by atoms with Gasteiger partial charge in [-0.25, -0.2) is 16.8 Å². The number of hydrogen-bond acceptors (Lipinski definition) is 7. The van der Waals surface area contributed by atoms with Crippen LogP contribution in [0, 0.1) is 0 Å². The van der Waals surface area contributed by atoms with Crippen molar-refractivity contribution in [1.82, 2.24) is 13.3 Å². The van der Waals surface area contributed by atoms with Gasteiger partial charge in [0.2, 0.25) is 4.33 Å². The number of halogens is 9. The summed E-state index contributed by atoms with van der Waals surface area (Å²) < 4.78 is 179. The zero-order valence-corrected chi connectivity index (χ0v) is 16.7. The van der Waals surface area contributed by atoms with Crippen molar-refractivity contribution in [2.45, 2.75) is 16.8 Å². The second kappa shape index (κ2) is 7.58. The Morgan fingerprint density at radius 3 is 1.57 bits per heavy atom. The maximum atomic E-state index is 14.0. The third kappa shape index (κ3) is 4.21. The molecule has 22 heteroatoms. The number of hydrogen-bond donors (Lipinski definition) is 1. The molecule has 0 aromatic rings. The first kappa shape index (κ1) is 27.1. The lowest BCUT2D eigenvalue weighted by Crippen LogP contribution is -2.68. The molecule has 0 aromatic heterocycles. The predicted octanol–water partition coefficient (Wildman–Crippen LogP) is 0.0190. The SMILES string of the molecule is CN1CCN(S(=O)(=O)C(F)(F)C(F)(F)[N+](F)(F)S(=O)(=O)NS(=O)(=O)C(F)(F)F)CC1. The summed E-state index contributed by atoms with van der Waals surface area (Å²) in [5.74, 6) is 0. The quantitative estimate of drug-likeness (QED) is 0.282. The normalized spacial score (nSPS) is 19.8. The van der Waals surface area contributed by atoms with Gasteiger partial charge < -0.3 is 4.90 Å². The van der Waals surface area contributed by atoms with Crippen molar-refractivity contribution in [3.63, 3.8) is 0 Å². The van der Waals surface area contributed by atoms with Crippen LogP contribution < -0.4 is 4.13 Å². The summed E-state index contributed by atoms with van der Waals surface area (Å²) >= 11 is 0. The molecule has 0 atom stereocenters. The first-order valence-electron chi connectivity index (χ1n) is 7.03. The van der Waals surface area contributed by atoms with Gasteiger partial charge in [-0.05, 0) is 11.2 Å². The molecule has 0 bridgehead atoms. The molecule has 30 heavy (non-hydrogen) atoms. The zero-order chi connectivity index (χ0) is 24.2. The van der Waals surface area contributed by atoms with Crippen LogP contribution in [0.4, 0.5) is 39.7 Å². The summed E-state index contributed by atoms with van der Waals surface area (Å²) in [7, 11) is -20.4. The molecule has 0 aromatic carbocycles. The first-order chi connectivity index (χ1) is 13.0. The summed E-state index contributed by atoms with van der Waals surface area (Å²) in [5.41, 5.74) is -6.62. The molecule has 1 N–H and O–H groups in total. The Labute approximate surface area is 163 Å². The van der Waals surface area contributed by atoms with Gasteiger partial charge in [-0.2, -0.15) is 26.3 Å². The van der Waals surface area contributed by atoms with E-state index in [0.29, 0.717) is 0 Å². The number of piperazine rings is 1. The van der Waals surface area contributed by atoms with Crippen molar-refractivity contribution in [1.29, 1.82) is 0 Å². The minimum atomic E-state index is -7.82. The van der Waals surface area contributed by atoms with Crippen LogP contribution >= 0.6 is 0 Å². The summed E-state index contributed by atoms with van der Waals surface area (Å²) in [5, 5.41) is -6.89. The molecule has 1 aliphatic rings. The zero-order valence-electron chi connectivity index (χ0n) is 14.2. The summed E-state index contributed by atoms with van der Waals surface area (Å²) in [6, 6.07) is -7.46. The molecule has 1 fully saturated rings. The van der Waals surface area contributed by atoms with Gasteiger partial charge in [-0.1, -0.05) is 0 Å². The van der Waals surface area contributed by atoms with Crippen LogP contribution in [0.3, 0.4) is 0 Å². The third-order valence-corrected chi connectivity index (χ3v) is 8.73. The number of nitrogens with one attached hydrogen (secondary N) is 1. The van der Waals surface area contributed by atoms with E-state index in [1.165, 1.54) is 11.9 Å². The van der Waals surface area contributed by atoms with Gasteiger partial charge in [0.15, 0.2) is 0 Å². The lowest BCUT2D eigenvalue weighted by molar-refractivity contribution is -1.14. The number of rotatable bonds is 7. The molecule has 1 heterocycles. The molecule has 1 rings (SSSR count). The Morgan fingerprint density at radius 1 is 0.800 bits per heavy atom. The molecule has 0 radical (unpaired) electrons. The van der Waals surface area contributed by atoms with Crippen LogP contribution in [0.1, 0.15) is 0 Å². The largest absolute Gasteiger partial charge is 0.563 e. The number of nitrogens with zero attached hydrogens (tertiary/aromatic N) is 3. The Bertz CT molecular complexity index is 970. The number of likely N-dealkylation sites (N-methyl/N-ethyl adjacent to an activating group) is 1. The fraction of sp³-hybridized carbons (Fsp3) is 1.00. The average Bonchev–Trinajstić information content (AvgIpc) is 2.52. The molecule has 1 aliphatic heterocycles. The van der Waals surface area contributed by atoms with Crippen LogP contribution in [0.25, 0.3) is 0 Å². The van der Waals surface area contributed by atoms with Crippen molar-refractivity contribution < 1.29 is 69.3 Å². The fourth-order valence-corrected chi connectivity index (χ4v) is 5.61. The second-order valence-corrected chi connectivity index (χ2v) is 11.3. The first-order valence-corrected chi connectivity index (χ1v) is 11.4. The van der Waals surface area contributed by atoms with Gasteiger partial charge in [-0.15, -0.1) is 17.2 Å². The van der Waals surface area contributed by atoms with E-state index >= 15 is 0 Å². The summed E-state index contributed by atoms with van der Waals surface area (Å²) in [6.07, 6.45) is 0.